The predicted octanol–water partition coefficient (Wildman–Crippen LogP) is 3.36. The van der Waals surface area contributed by atoms with Gasteiger partial charge in [-0.1, -0.05) is 6.07 Å². The Morgan fingerprint density at radius 2 is 1.73 bits per heavy atom. The van der Waals surface area contributed by atoms with Crippen LogP contribution in [0.4, 0.5) is 15.8 Å². The summed E-state index contributed by atoms with van der Waals surface area (Å²) < 4.78 is 13.7. The van der Waals surface area contributed by atoms with Gasteiger partial charge in [0, 0.05) is 18.8 Å². The van der Waals surface area contributed by atoms with Crippen LogP contribution in [0.5, 0.6) is 0 Å². The van der Waals surface area contributed by atoms with E-state index in [1.54, 1.807) is 12.1 Å². The van der Waals surface area contributed by atoms with Gasteiger partial charge in [-0.2, -0.15) is 0 Å². The molecule has 5 rings (SSSR count). The summed E-state index contributed by atoms with van der Waals surface area (Å²) in [7, 11) is 0. The number of aryl methyl sites for hydroxylation is 2. The molecule has 0 spiro atoms. The second kappa shape index (κ2) is 7.32. The van der Waals surface area contributed by atoms with Crippen LogP contribution in [-0.4, -0.2) is 30.0 Å². The summed E-state index contributed by atoms with van der Waals surface area (Å²) in [6.45, 7) is 2.17. The van der Waals surface area contributed by atoms with E-state index < -0.39 is 17.6 Å². The van der Waals surface area contributed by atoms with Crippen molar-refractivity contribution >= 4 is 46.6 Å². The molecule has 152 valence electrons. The van der Waals surface area contributed by atoms with E-state index in [4.69, 9.17) is 12.2 Å². The number of carbonyl (C=O) groups is 2. The molecule has 3 heterocycles. The summed E-state index contributed by atoms with van der Waals surface area (Å²) in [6.07, 6.45) is 5.82. The largest absolute Gasteiger partial charge is 0.371 e. The Morgan fingerprint density at radius 1 is 1.03 bits per heavy atom. The summed E-state index contributed by atoms with van der Waals surface area (Å²) in [6, 6.07) is 9.74. The minimum Gasteiger partial charge on any atom is -0.371 e. The number of carbonyl (C=O) groups excluding carboxylic acids is 2. The molecule has 0 saturated carbocycles. The Bertz CT molecular complexity index is 1100. The van der Waals surface area contributed by atoms with E-state index in [9.17, 15) is 14.0 Å². The van der Waals surface area contributed by atoms with E-state index in [-0.39, 0.29) is 16.4 Å². The number of halogens is 1. The second-order valence-electron chi connectivity index (χ2n) is 7.82. The van der Waals surface area contributed by atoms with E-state index in [2.05, 4.69) is 22.3 Å². The highest BCUT2D eigenvalue weighted by Gasteiger charge is 2.35. The van der Waals surface area contributed by atoms with Gasteiger partial charge in [0.15, 0.2) is 5.11 Å². The van der Waals surface area contributed by atoms with E-state index in [0.717, 1.165) is 49.2 Å². The number of hydrogen-bond donors (Lipinski definition) is 1. The van der Waals surface area contributed by atoms with Gasteiger partial charge in [-0.15, -0.1) is 0 Å². The van der Waals surface area contributed by atoms with E-state index in [1.165, 1.54) is 35.0 Å². The number of amides is 2. The molecular weight excluding hydrogens is 401 g/mol. The molecule has 3 aliphatic rings. The minimum atomic E-state index is -0.553. The molecule has 0 atom stereocenters. The predicted molar refractivity (Wildman–Crippen MR) is 118 cm³/mol. The van der Waals surface area contributed by atoms with Crippen molar-refractivity contribution in [3.8, 4) is 0 Å². The molecule has 3 aliphatic heterocycles. The molecule has 0 aromatic heterocycles. The second-order valence-corrected chi connectivity index (χ2v) is 8.21. The van der Waals surface area contributed by atoms with Gasteiger partial charge in [0.05, 0.1) is 5.69 Å². The average molecular weight is 421 g/mol. The van der Waals surface area contributed by atoms with E-state index >= 15 is 0 Å². The first-order valence-corrected chi connectivity index (χ1v) is 10.5. The maximum absolute atomic E-state index is 13.7. The van der Waals surface area contributed by atoms with Crippen LogP contribution in [0.15, 0.2) is 42.0 Å². The zero-order valence-corrected chi connectivity index (χ0v) is 17.1. The summed E-state index contributed by atoms with van der Waals surface area (Å²) >= 11 is 5.18. The van der Waals surface area contributed by atoms with Crippen LogP contribution in [0.2, 0.25) is 0 Å². The van der Waals surface area contributed by atoms with Crippen LogP contribution in [0.25, 0.3) is 6.08 Å². The van der Waals surface area contributed by atoms with Gasteiger partial charge < -0.3 is 4.90 Å². The van der Waals surface area contributed by atoms with Crippen molar-refractivity contribution in [3.63, 3.8) is 0 Å². The standard InChI is InChI=1S/C23H20FN3O2S/c24-17-6-1-7-18(13-17)27-22(29)19(21(28)25-23(27)30)12-14-10-15-4-2-8-26-9-3-5-16(11-14)20(15)26/h1,6-7,10-13H,2-5,8-9H2,(H,25,28,30)/b19-12-. The van der Waals surface area contributed by atoms with Crippen molar-refractivity contribution in [3.05, 3.63) is 64.5 Å². The monoisotopic (exact) mass is 421 g/mol. The summed E-state index contributed by atoms with van der Waals surface area (Å²) in [5.74, 6) is -1.57. The molecule has 7 heteroatoms. The van der Waals surface area contributed by atoms with Crippen molar-refractivity contribution < 1.29 is 14.0 Å². The lowest BCUT2D eigenvalue weighted by atomic mass is 9.89. The molecule has 30 heavy (non-hydrogen) atoms. The van der Waals surface area contributed by atoms with Gasteiger partial charge >= 0.3 is 0 Å². The highest BCUT2D eigenvalue weighted by molar-refractivity contribution is 7.80. The molecule has 0 bridgehead atoms. The lowest BCUT2D eigenvalue weighted by molar-refractivity contribution is -0.122. The van der Waals surface area contributed by atoms with Crippen LogP contribution in [0.1, 0.15) is 29.5 Å². The van der Waals surface area contributed by atoms with Crippen LogP contribution >= 0.6 is 12.2 Å². The van der Waals surface area contributed by atoms with Gasteiger partial charge in [-0.25, -0.2) is 4.39 Å². The van der Waals surface area contributed by atoms with Gasteiger partial charge in [0.25, 0.3) is 11.8 Å². The normalized spacial score (nSPS) is 19.8. The number of thiocarbonyl (C=S) groups is 1. The van der Waals surface area contributed by atoms with Crippen LogP contribution in [-0.2, 0) is 22.4 Å². The molecule has 2 aromatic carbocycles. The molecule has 2 amide bonds. The van der Waals surface area contributed by atoms with Gasteiger partial charge in [0.1, 0.15) is 11.4 Å². The van der Waals surface area contributed by atoms with Crippen LogP contribution in [0.3, 0.4) is 0 Å². The molecule has 1 saturated heterocycles. The van der Waals surface area contributed by atoms with Crippen molar-refractivity contribution in [2.45, 2.75) is 25.7 Å². The Morgan fingerprint density at radius 3 is 2.40 bits per heavy atom. The molecule has 0 unspecified atom stereocenters. The fraction of sp³-hybridized carbons (Fsp3) is 0.261. The Hall–Kier alpha value is -3.06. The fourth-order valence-corrected chi connectivity index (χ4v) is 4.87. The van der Waals surface area contributed by atoms with Gasteiger partial charge in [-0.3, -0.25) is 19.8 Å². The average Bonchev–Trinajstić information content (AvgIpc) is 2.71. The first-order valence-electron chi connectivity index (χ1n) is 10.1. The highest BCUT2D eigenvalue weighted by Crippen LogP contribution is 2.36. The number of rotatable bonds is 2. The highest BCUT2D eigenvalue weighted by atomic mass is 32.1. The molecule has 1 N–H and O–H groups in total. The van der Waals surface area contributed by atoms with Crippen molar-refractivity contribution in [2.24, 2.45) is 0 Å². The van der Waals surface area contributed by atoms with E-state index in [1.807, 2.05) is 0 Å². The smallest absolute Gasteiger partial charge is 0.270 e. The van der Waals surface area contributed by atoms with Gasteiger partial charge in [0.2, 0.25) is 0 Å². The maximum atomic E-state index is 13.7. The maximum Gasteiger partial charge on any atom is 0.270 e. The van der Waals surface area contributed by atoms with Crippen molar-refractivity contribution in [1.29, 1.82) is 0 Å². The Labute approximate surface area is 179 Å². The lowest BCUT2D eigenvalue weighted by Gasteiger charge is -2.37. The number of anilines is 2. The number of nitrogens with one attached hydrogen (secondary N) is 1. The van der Waals surface area contributed by atoms with Crippen molar-refractivity contribution in [2.75, 3.05) is 22.9 Å². The minimum absolute atomic E-state index is 0.0107. The molecular formula is C23H20FN3O2S. The third kappa shape index (κ3) is 3.19. The molecule has 0 radical (unpaired) electrons. The first kappa shape index (κ1) is 18.9. The van der Waals surface area contributed by atoms with Crippen LogP contribution < -0.4 is 15.1 Å². The number of benzene rings is 2. The number of nitrogens with zero attached hydrogens (tertiary/aromatic N) is 2. The Kier molecular flexibility index (Phi) is 4.62. The molecule has 5 nitrogen and oxygen atoms in total. The van der Waals surface area contributed by atoms with Crippen molar-refractivity contribution in [1.82, 2.24) is 5.32 Å². The quantitative estimate of drug-likeness (QED) is 0.459. The Balaban J connectivity index is 1.55. The summed E-state index contributed by atoms with van der Waals surface area (Å²) in [5, 5.41) is 2.50. The molecule has 2 aromatic rings. The van der Waals surface area contributed by atoms with Crippen LogP contribution in [0, 0.1) is 5.82 Å². The third-order valence-electron chi connectivity index (χ3n) is 5.83. The topological polar surface area (TPSA) is 52.7 Å². The van der Waals surface area contributed by atoms with E-state index in [0.29, 0.717) is 0 Å². The zero-order valence-electron chi connectivity index (χ0n) is 16.3. The lowest BCUT2D eigenvalue weighted by Crippen LogP contribution is -2.54. The summed E-state index contributed by atoms with van der Waals surface area (Å²) in [4.78, 5) is 29.3. The zero-order chi connectivity index (χ0) is 20.8. The molecule has 1 fully saturated rings. The first-order chi connectivity index (χ1) is 14.5. The summed E-state index contributed by atoms with van der Waals surface area (Å²) in [5.41, 5.74) is 4.98. The molecule has 0 aliphatic carbocycles. The SMILES string of the molecule is O=C1NC(=S)N(c2cccc(F)c2)C(=O)/C1=C\c1cc2c3c(c1)CCCN3CCC2. The third-order valence-corrected chi connectivity index (χ3v) is 6.12. The van der Waals surface area contributed by atoms with Gasteiger partial charge in [-0.05, 0) is 91.0 Å². The fourth-order valence-electron chi connectivity index (χ4n) is 4.59. The number of hydrogen-bond acceptors (Lipinski definition) is 4.